The molecule has 0 aromatic heterocycles. The number of nitrogens with two attached hydrogens (primary N) is 1. The summed E-state index contributed by atoms with van der Waals surface area (Å²) < 4.78 is 5.84. The van der Waals surface area contributed by atoms with Gasteiger partial charge in [-0.15, -0.1) is 0 Å². The van der Waals surface area contributed by atoms with Crippen molar-refractivity contribution in [1.29, 1.82) is 0 Å². The highest BCUT2D eigenvalue weighted by Gasteiger charge is 2.16. The number of halogens is 1. The maximum absolute atomic E-state index is 6.13. The van der Waals surface area contributed by atoms with Crippen molar-refractivity contribution in [2.45, 2.75) is 58.4 Å². The van der Waals surface area contributed by atoms with E-state index >= 15 is 0 Å². The van der Waals surface area contributed by atoms with Gasteiger partial charge in [0.15, 0.2) is 0 Å². The van der Waals surface area contributed by atoms with Gasteiger partial charge in [-0.3, -0.25) is 0 Å². The molecule has 2 unspecified atom stereocenters. The predicted octanol–water partition coefficient (Wildman–Crippen LogP) is 4.75. The second kappa shape index (κ2) is 8.44. The standard InChI is InChI=1S/C16H26ClNO/c1-4-10-19-16-9-8-14(17)11-15(16)13(5-2)7-6-12(3)18/h8-9,11-13H,4-7,10,18H2,1-3H3. The Balaban J connectivity index is 2.89. The lowest BCUT2D eigenvalue weighted by atomic mass is 9.90. The first-order valence-corrected chi connectivity index (χ1v) is 7.64. The lowest BCUT2D eigenvalue weighted by molar-refractivity contribution is 0.310. The van der Waals surface area contributed by atoms with Crippen LogP contribution in [0.1, 0.15) is 57.9 Å². The fourth-order valence-electron chi connectivity index (χ4n) is 2.23. The van der Waals surface area contributed by atoms with Gasteiger partial charge < -0.3 is 10.5 Å². The van der Waals surface area contributed by atoms with E-state index in [1.54, 1.807) is 0 Å². The molecule has 2 N–H and O–H groups in total. The lowest BCUT2D eigenvalue weighted by Crippen LogP contribution is -2.16. The number of ether oxygens (including phenoxy) is 1. The third kappa shape index (κ3) is 5.42. The molecule has 0 heterocycles. The summed E-state index contributed by atoms with van der Waals surface area (Å²) in [6, 6.07) is 6.17. The molecule has 3 heteroatoms. The Morgan fingerprint density at radius 3 is 2.58 bits per heavy atom. The first kappa shape index (κ1) is 16.3. The van der Waals surface area contributed by atoms with Crippen LogP contribution in [0.3, 0.4) is 0 Å². The van der Waals surface area contributed by atoms with Crippen molar-refractivity contribution in [1.82, 2.24) is 0 Å². The molecule has 0 saturated heterocycles. The quantitative estimate of drug-likeness (QED) is 0.747. The minimum atomic E-state index is 0.244. The van der Waals surface area contributed by atoms with Gasteiger partial charge in [0.2, 0.25) is 0 Å². The third-order valence-corrected chi connectivity index (χ3v) is 3.57. The van der Waals surface area contributed by atoms with Crippen molar-refractivity contribution in [2.24, 2.45) is 5.73 Å². The second-order valence-electron chi connectivity index (χ2n) is 5.19. The van der Waals surface area contributed by atoms with E-state index in [-0.39, 0.29) is 6.04 Å². The maximum Gasteiger partial charge on any atom is 0.122 e. The average molecular weight is 284 g/mol. The largest absolute Gasteiger partial charge is 0.493 e. The van der Waals surface area contributed by atoms with Crippen molar-refractivity contribution < 1.29 is 4.74 Å². The first-order chi connectivity index (χ1) is 9.08. The highest BCUT2D eigenvalue weighted by Crippen LogP contribution is 2.34. The molecule has 0 aliphatic heterocycles. The van der Waals surface area contributed by atoms with E-state index in [4.69, 9.17) is 22.1 Å². The zero-order valence-electron chi connectivity index (χ0n) is 12.3. The lowest BCUT2D eigenvalue weighted by Gasteiger charge is -2.20. The summed E-state index contributed by atoms with van der Waals surface area (Å²) in [5.41, 5.74) is 7.09. The molecule has 0 saturated carbocycles. The van der Waals surface area contributed by atoms with Crippen LogP contribution in [0.2, 0.25) is 5.02 Å². The molecule has 2 atom stereocenters. The van der Waals surface area contributed by atoms with E-state index in [2.05, 4.69) is 20.8 Å². The molecule has 0 amide bonds. The zero-order chi connectivity index (χ0) is 14.3. The van der Waals surface area contributed by atoms with E-state index in [0.29, 0.717) is 5.92 Å². The summed E-state index contributed by atoms with van der Waals surface area (Å²) in [5, 5.41) is 0.776. The molecule has 1 rings (SSSR count). The van der Waals surface area contributed by atoms with Crippen LogP contribution in [0.4, 0.5) is 0 Å². The van der Waals surface area contributed by atoms with Crippen LogP contribution in [0.15, 0.2) is 18.2 Å². The van der Waals surface area contributed by atoms with Gasteiger partial charge in [0.05, 0.1) is 6.61 Å². The van der Waals surface area contributed by atoms with Gasteiger partial charge in [-0.2, -0.15) is 0 Å². The molecule has 0 aliphatic carbocycles. The second-order valence-corrected chi connectivity index (χ2v) is 5.63. The van der Waals surface area contributed by atoms with E-state index < -0.39 is 0 Å². The molecule has 0 fully saturated rings. The Kier molecular flexibility index (Phi) is 7.25. The van der Waals surface area contributed by atoms with E-state index in [0.717, 1.165) is 43.1 Å². The minimum absolute atomic E-state index is 0.244. The van der Waals surface area contributed by atoms with Crippen molar-refractivity contribution in [3.05, 3.63) is 28.8 Å². The Morgan fingerprint density at radius 1 is 1.26 bits per heavy atom. The molecule has 1 aromatic rings. The highest BCUT2D eigenvalue weighted by molar-refractivity contribution is 6.30. The first-order valence-electron chi connectivity index (χ1n) is 7.26. The Labute approximate surface area is 122 Å². The summed E-state index contributed by atoms with van der Waals surface area (Å²) in [6.45, 7) is 7.12. The third-order valence-electron chi connectivity index (χ3n) is 3.34. The van der Waals surface area contributed by atoms with E-state index in [1.807, 2.05) is 18.2 Å². The van der Waals surface area contributed by atoms with E-state index in [9.17, 15) is 0 Å². The topological polar surface area (TPSA) is 35.2 Å². The number of benzene rings is 1. The predicted molar refractivity (Wildman–Crippen MR) is 83.2 cm³/mol. The van der Waals surface area contributed by atoms with Gasteiger partial charge in [0.25, 0.3) is 0 Å². The van der Waals surface area contributed by atoms with Crippen LogP contribution in [-0.2, 0) is 0 Å². The zero-order valence-corrected chi connectivity index (χ0v) is 13.0. The molecule has 1 aromatic carbocycles. The maximum atomic E-state index is 6.13. The molecular weight excluding hydrogens is 258 g/mol. The van der Waals surface area contributed by atoms with Gasteiger partial charge in [-0.25, -0.2) is 0 Å². The van der Waals surface area contributed by atoms with Crippen LogP contribution in [-0.4, -0.2) is 12.6 Å². The van der Waals surface area contributed by atoms with Gasteiger partial charge in [0.1, 0.15) is 5.75 Å². The Bertz CT molecular complexity index is 379. The summed E-state index contributed by atoms with van der Waals surface area (Å²) in [6.07, 6.45) is 4.20. The molecule has 0 aliphatic rings. The Morgan fingerprint density at radius 2 is 2.00 bits per heavy atom. The van der Waals surface area contributed by atoms with Crippen LogP contribution in [0.25, 0.3) is 0 Å². The molecule has 0 radical (unpaired) electrons. The van der Waals surface area contributed by atoms with Crippen LogP contribution >= 0.6 is 11.6 Å². The highest BCUT2D eigenvalue weighted by atomic mass is 35.5. The average Bonchev–Trinajstić information content (AvgIpc) is 2.38. The summed E-state index contributed by atoms with van der Waals surface area (Å²) >= 11 is 6.13. The molecular formula is C16H26ClNO. The molecule has 0 spiro atoms. The minimum Gasteiger partial charge on any atom is -0.493 e. The van der Waals surface area contributed by atoms with Gasteiger partial charge in [-0.05, 0) is 62.3 Å². The number of hydrogen-bond donors (Lipinski definition) is 1. The molecule has 19 heavy (non-hydrogen) atoms. The van der Waals surface area contributed by atoms with Crippen molar-refractivity contribution >= 4 is 11.6 Å². The fourth-order valence-corrected chi connectivity index (χ4v) is 2.41. The summed E-state index contributed by atoms with van der Waals surface area (Å²) in [5.74, 6) is 1.44. The SMILES string of the molecule is CCCOc1ccc(Cl)cc1C(CC)CCC(C)N. The van der Waals surface area contributed by atoms with Crippen LogP contribution in [0, 0.1) is 0 Å². The van der Waals surface area contributed by atoms with Gasteiger partial charge in [0, 0.05) is 11.1 Å². The summed E-state index contributed by atoms with van der Waals surface area (Å²) in [4.78, 5) is 0. The number of rotatable bonds is 8. The van der Waals surface area contributed by atoms with Gasteiger partial charge in [-0.1, -0.05) is 25.4 Å². The molecule has 2 nitrogen and oxygen atoms in total. The summed E-state index contributed by atoms with van der Waals surface area (Å²) in [7, 11) is 0. The fraction of sp³-hybridized carbons (Fsp3) is 0.625. The smallest absolute Gasteiger partial charge is 0.122 e. The molecule has 108 valence electrons. The molecule has 0 bridgehead atoms. The van der Waals surface area contributed by atoms with Gasteiger partial charge >= 0.3 is 0 Å². The van der Waals surface area contributed by atoms with Crippen LogP contribution in [0.5, 0.6) is 5.75 Å². The number of hydrogen-bond acceptors (Lipinski definition) is 2. The Hall–Kier alpha value is -0.730. The van der Waals surface area contributed by atoms with Crippen molar-refractivity contribution in [2.75, 3.05) is 6.61 Å². The van der Waals surface area contributed by atoms with Crippen molar-refractivity contribution in [3.63, 3.8) is 0 Å². The van der Waals surface area contributed by atoms with Crippen LogP contribution < -0.4 is 10.5 Å². The van der Waals surface area contributed by atoms with Crippen molar-refractivity contribution in [3.8, 4) is 5.75 Å². The normalized spacial score (nSPS) is 14.2. The van der Waals surface area contributed by atoms with E-state index in [1.165, 1.54) is 5.56 Å². The monoisotopic (exact) mass is 283 g/mol.